The van der Waals surface area contributed by atoms with Gasteiger partial charge in [-0.25, -0.2) is 0 Å². The Balaban J connectivity index is 2.53. The third-order valence-corrected chi connectivity index (χ3v) is 3.12. The number of rotatable bonds is 3. The van der Waals surface area contributed by atoms with Gasteiger partial charge < -0.3 is 0 Å². The lowest BCUT2D eigenvalue weighted by atomic mass is 9.95. The van der Waals surface area contributed by atoms with Crippen molar-refractivity contribution in [2.45, 2.75) is 45.3 Å². The average molecular weight is 237 g/mol. The van der Waals surface area contributed by atoms with Crippen LogP contribution in [0.15, 0.2) is 0 Å². The summed E-state index contributed by atoms with van der Waals surface area (Å²) in [5, 5.41) is 0. The van der Waals surface area contributed by atoms with E-state index in [2.05, 4.69) is 0 Å². The Kier molecular flexibility index (Phi) is 4.35. The molecule has 0 aromatic carbocycles. The molecule has 0 aromatic rings. The molecule has 1 fully saturated rings. The third-order valence-electron chi connectivity index (χ3n) is 3.12. The van der Waals surface area contributed by atoms with Crippen LogP contribution in [0.4, 0.5) is 13.2 Å². The van der Waals surface area contributed by atoms with Gasteiger partial charge in [0.05, 0.1) is 5.92 Å². The van der Waals surface area contributed by atoms with Gasteiger partial charge in [0.2, 0.25) is 0 Å². The second-order valence-corrected chi connectivity index (χ2v) is 4.63. The van der Waals surface area contributed by atoms with E-state index >= 15 is 0 Å². The number of likely N-dealkylation sites (tertiary alicyclic amines) is 1. The molecule has 0 radical (unpaired) electrons. The van der Waals surface area contributed by atoms with Crippen molar-refractivity contribution in [1.29, 1.82) is 0 Å². The van der Waals surface area contributed by atoms with Gasteiger partial charge in [-0.15, -0.1) is 0 Å². The van der Waals surface area contributed by atoms with E-state index in [-0.39, 0.29) is 24.8 Å². The zero-order valence-electron chi connectivity index (χ0n) is 9.68. The zero-order chi connectivity index (χ0) is 12.3. The largest absolute Gasteiger partial charge is 0.393 e. The fourth-order valence-electron chi connectivity index (χ4n) is 2.22. The van der Waals surface area contributed by atoms with Crippen LogP contribution < -0.4 is 0 Å². The lowest BCUT2D eigenvalue weighted by Crippen LogP contribution is -2.46. The van der Waals surface area contributed by atoms with Crippen LogP contribution in [0.5, 0.6) is 0 Å². The van der Waals surface area contributed by atoms with Gasteiger partial charge in [0.25, 0.3) is 0 Å². The van der Waals surface area contributed by atoms with Crippen LogP contribution in [0.1, 0.15) is 33.1 Å². The van der Waals surface area contributed by atoms with Gasteiger partial charge in [0.1, 0.15) is 5.78 Å². The Labute approximate surface area is 93.8 Å². The van der Waals surface area contributed by atoms with Crippen LogP contribution in [0.3, 0.4) is 0 Å². The molecule has 0 saturated carbocycles. The maximum atomic E-state index is 12.5. The van der Waals surface area contributed by atoms with Crippen LogP contribution in [0, 0.1) is 5.92 Å². The number of Topliss-reactive ketones (excluding diaryl/α,β-unsaturated/α-hetero) is 1. The van der Waals surface area contributed by atoms with E-state index in [0.29, 0.717) is 19.4 Å². The number of ketones is 1. The summed E-state index contributed by atoms with van der Waals surface area (Å²) in [5.74, 6) is -1.20. The van der Waals surface area contributed by atoms with E-state index in [4.69, 9.17) is 0 Å². The third kappa shape index (κ3) is 3.77. The molecule has 16 heavy (non-hydrogen) atoms. The maximum absolute atomic E-state index is 12.5. The first kappa shape index (κ1) is 13.5. The number of nitrogens with zero attached hydrogens (tertiary/aromatic N) is 1. The van der Waals surface area contributed by atoms with Gasteiger partial charge in [-0.1, -0.05) is 0 Å². The summed E-state index contributed by atoms with van der Waals surface area (Å²) in [4.78, 5) is 12.7. The van der Waals surface area contributed by atoms with E-state index in [0.717, 1.165) is 0 Å². The van der Waals surface area contributed by atoms with Crippen molar-refractivity contribution < 1.29 is 18.0 Å². The monoisotopic (exact) mass is 237 g/mol. The van der Waals surface area contributed by atoms with Crippen LogP contribution in [-0.2, 0) is 4.79 Å². The van der Waals surface area contributed by atoms with Crippen LogP contribution in [0.2, 0.25) is 0 Å². The highest BCUT2D eigenvalue weighted by Crippen LogP contribution is 2.33. The summed E-state index contributed by atoms with van der Waals surface area (Å²) < 4.78 is 37.6. The first-order chi connectivity index (χ1) is 7.30. The maximum Gasteiger partial charge on any atom is 0.393 e. The van der Waals surface area contributed by atoms with E-state index in [1.54, 1.807) is 4.90 Å². The number of hydrogen-bond acceptors (Lipinski definition) is 2. The molecule has 0 aromatic heterocycles. The Morgan fingerprint density at radius 3 is 2.62 bits per heavy atom. The van der Waals surface area contributed by atoms with E-state index in [1.807, 2.05) is 6.92 Å². The van der Waals surface area contributed by atoms with Crippen LogP contribution in [-0.4, -0.2) is 36.0 Å². The van der Waals surface area contributed by atoms with Crippen LogP contribution in [0.25, 0.3) is 0 Å². The Morgan fingerprint density at radius 1 is 1.50 bits per heavy atom. The normalized spacial score (nSPS) is 25.4. The molecule has 1 heterocycles. The minimum absolute atomic E-state index is 0.0293. The molecule has 0 N–H and O–H groups in total. The van der Waals surface area contributed by atoms with Crippen molar-refractivity contribution in [2.24, 2.45) is 5.92 Å². The molecule has 2 nitrogen and oxygen atoms in total. The van der Waals surface area contributed by atoms with E-state index in [9.17, 15) is 18.0 Å². The zero-order valence-corrected chi connectivity index (χ0v) is 9.68. The van der Waals surface area contributed by atoms with Crippen LogP contribution >= 0.6 is 0 Å². The fourth-order valence-corrected chi connectivity index (χ4v) is 2.22. The van der Waals surface area contributed by atoms with Crippen molar-refractivity contribution in [3.8, 4) is 0 Å². The Hall–Kier alpha value is -0.580. The lowest BCUT2D eigenvalue weighted by Gasteiger charge is -2.37. The topological polar surface area (TPSA) is 20.3 Å². The quantitative estimate of drug-likeness (QED) is 0.752. The molecule has 1 aliphatic rings. The highest BCUT2D eigenvalue weighted by Gasteiger charge is 2.42. The van der Waals surface area contributed by atoms with Crippen molar-refractivity contribution in [3.05, 3.63) is 0 Å². The number of alkyl halides is 3. The Morgan fingerprint density at radius 2 is 2.12 bits per heavy atom. The second-order valence-electron chi connectivity index (χ2n) is 4.63. The summed E-state index contributed by atoms with van der Waals surface area (Å²) in [6, 6.07) is -0.0809. The molecule has 2 atom stereocenters. The molecule has 94 valence electrons. The van der Waals surface area contributed by atoms with Gasteiger partial charge >= 0.3 is 6.18 Å². The van der Waals surface area contributed by atoms with Gasteiger partial charge in [-0.3, -0.25) is 9.69 Å². The number of carbonyl (C=O) groups excluding carboxylic acids is 1. The SMILES string of the molecule is CC(=O)CC(C)N1CCCC(C(F)(F)F)C1. The summed E-state index contributed by atoms with van der Waals surface area (Å²) in [5.41, 5.74) is 0. The van der Waals surface area contributed by atoms with Crippen molar-refractivity contribution in [1.82, 2.24) is 4.90 Å². The summed E-state index contributed by atoms with van der Waals surface area (Å²) in [7, 11) is 0. The number of hydrogen-bond donors (Lipinski definition) is 0. The van der Waals surface area contributed by atoms with Crippen molar-refractivity contribution in [2.75, 3.05) is 13.1 Å². The predicted octanol–water partition coefficient (Wildman–Crippen LogP) is 2.63. The highest BCUT2D eigenvalue weighted by molar-refractivity contribution is 5.76. The van der Waals surface area contributed by atoms with Gasteiger partial charge in [0, 0.05) is 19.0 Å². The lowest BCUT2D eigenvalue weighted by molar-refractivity contribution is -0.188. The standard InChI is InChI=1S/C11H18F3NO/c1-8(6-9(2)16)15-5-3-4-10(7-15)11(12,13)14/h8,10H,3-7H2,1-2H3. The van der Waals surface area contributed by atoms with Gasteiger partial charge in [-0.2, -0.15) is 13.2 Å². The fraction of sp³-hybridized carbons (Fsp3) is 0.909. The molecular formula is C11H18F3NO. The minimum Gasteiger partial charge on any atom is -0.300 e. The summed E-state index contributed by atoms with van der Waals surface area (Å²) >= 11 is 0. The summed E-state index contributed by atoms with van der Waals surface area (Å²) in [6.45, 7) is 4.00. The van der Waals surface area contributed by atoms with E-state index < -0.39 is 12.1 Å². The molecule has 1 saturated heterocycles. The Bertz CT molecular complexity index is 252. The molecule has 1 aliphatic heterocycles. The molecule has 1 rings (SSSR count). The second kappa shape index (κ2) is 5.17. The highest BCUT2D eigenvalue weighted by atomic mass is 19.4. The first-order valence-electron chi connectivity index (χ1n) is 5.61. The molecule has 5 heteroatoms. The van der Waals surface area contributed by atoms with Crippen molar-refractivity contribution in [3.63, 3.8) is 0 Å². The molecule has 0 aliphatic carbocycles. The number of carbonyl (C=O) groups is 1. The van der Waals surface area contributed by atoms with Gasteiger partial charge in [0.15, 0.2) is 0 Å². The van der Waals surface area contributed by atoms with Gasteiger partial charge in [-0.05, 0) is 33.2 Å². The first-order valence-corrected chi connectivity index (χ1v) is 5.61. The molecular weight excluding hydrogens is 219 g/mol. The summed E-state index contributed by atoms with van der Waals surface area (Å²) in [6.07, 6.45) is -2.99. The van der Waals surface area contributed by atoms with E-state index in [1.165, 1.54) is 6.92 Å². The average Bonchev–Trinajstić information content (AvgIpc) is 2.15. The minimum atomic E-state index is -4.10. The predicted molar refractivity (Wildman–Crippen MR) is 55.1 cm³/mol. The number of halogens is 3. The smallest absolute Gasteiger partial charge is 0.300 e. The number of piperidine rings is 1. The molecule has 0 amide bonds. The molecule has 0 spiro atoms. The van der Waals surface area contributed by atoms with Crippen molar-refractivity contribution >= 4 is 5.78 Å². The molecule has 2 unspecified atom stereocenters. The molecule has 0 bridgehead atoms.